The van der Waals surface area contributed by atoms with Gasteiger partial charge >= 0.3 is 0 Å². The van der Waals surface area contributed by atoms with Gasteiger partial charge in [-0.15, -0.1) is 12.4 Å². The molecule has 2 nitrogen and oxygen atoms in total. The van der Waals surface area contributed by atoms with E-state index >= 15 is 0 Å². The van der Waals surface area contributed by atoms with Gasteiger partial charge in [-0.1, -0.05) is 56.9 Å². The molecule has 0 saturated heterocycles. The molecule has 0 amide bonds. The molecule has 0 fully saturated rings. The Kier molecular flexibility index (Phi) is 10.9. The fraction of sp³-hybridized carbons (Fsp3) is 0.625. The van der Waals surface area contributed by atoms with Crippen molar-refractivity contribution in [3.05, 3.63) is 35.4 Å². The summed E-state index contributed by atoms with van der Waals surface area (Å²) in [5.41, 5.74) is 8.34. The van der Waals surface area contributed by atoms with Gasteiger partial charge < -0.3 is 10.8 Å². The van der Waals surface area contributed by atoms with Gasteiger partial charge in [0.2, 0.25) is 0 Å². The van der Waals surface area contributed by atoms with E-state index in [0.717, 1.165) is 6.42 Å². The Morgan fingerprint density at radius 3 is 2.16 bits per heavy atom. The Morgan fingerprint density at radius 2 is 1.58 bits per heavy atom. The fourth-order valence-corrected chi connectivity index (χ4v) is 2.14. The van der Waals surface area contributed by atoms with Crippen molar-refractivity contribution < 1.29 is 5.11 Å². The molecule has 0 bridgehead atoms. The molecule has 0 radical (unpaired) electrons. The molecule has 110 valence electrons. The Bertz CT molecular complexity index is 313. The van der Waals surface area contributed by atoms with Gasteiger partial charge in [-0.3, -0.25) is 0 Å². The zero-order valence-electron chi connectivity index (χ0n) is 12.0. The molecule has 0 aliphatic heterocycles. The van der Waals surface area contributed by atoms with Crippen molar-refractivity contribution in [2.24, 2.45) is 5.73 Å². The fourth-order valence-electron chi connectivity index (χ4n) is 2.14. The van der Waals surface area contributed by atoms with Gasteiger partial charge in [-0.05, 0) is 30.4 Å². The number of nitrogens with two attached hydrogens (primary N) is 1. The maximum Gasteiger partial charge on any atom is 0.0585 e. The molecule has 1 atom stereocenters. The minimum atomic E-state index is -0.134. The maximum atomic E-state index is 8.91. The van der Waals surface area contributed by atoms with Crippen LogP contribution >= 0.6 is 12.4 Å². The Balaban J connectivity index is 0.00000324. The summed E-state index contributed by atoms with van der Waals surface area (Å²) in [7, 11) is 0. The molecule has 0 heterocycles. The highest BCUT2D eigenvalue weighted by Gasteiger charge is 2.02. The van der Waals surface area contributed by atoms with Crippen LogP contribution in [-0.2, 0) is 12.8 Å². The van der Waals surface area contributed by atoms with Gasteiger partial charge in [-0.25, -0.2) is 0 Å². The summed E-state index contributed by atoms with van der Waals surface area (Å²) in [6.07, 6.45) is 8.58. The smallest absolute Gasteiger partial charge is 0.0585 e. The molecule has 0 aliphatic rings. The van der Waals surface area contributed by atoms with Crippen molar-refractivity contribution in [2.75, 3.05) is 6.61 Å². The largest absolute Gasteiger partial charge is 0.395 e. The van der Waals surface area contributed by atoms with E-state index in [1.807, 2.05) is 0 Å². The second-order valence-corrected chi connectivity index (χ2v) is 5.13. The molecule has 3 heteroatoms. The molecular weight excluding hydrogens is 258 g/mol. The summed E-state index contributed by atoms with van der Waals surface area (Å²) in [5.74, 6) is 0. The quantitative estimate of drug-likeness (QED) is 0.682. The predicted molar refractivity (Wildman–Crippen MR) is 84.9 cm³/mol. The number of halogens is 1. The third kappa shape index (κ3) is 8.25. The van der Waals surface area contributed by atoms with Crippen LogP contribution in [0.4, 0.5) is 0 Å². The van der Waals surface area contributed by atoms with Crippen LogP contribution < -0.4 is 5.73 Å². The Hall–Kier alpha value is -0.570. The third-order valence-corrected chi connectivity index (χ3v) is 3.32. The van der Waals surface area contributed by atoms with Crippen LogP contribution in [0, 0.1) is 0 Å². The van der Waals surface area contributed by atoms with Crippen molar-refractivity contribution in [1.29, 1.82) is 0 Å². The lowest BCUT2D eigenvalue weighted by atomic mass is 10.0. The molecule has 0 aliphatic carbocycles. The van der Waals surface area contributed by atoms with E-state index in [2.05, 4.69) is 31.2 Å². The highest BCUT2D eigenvalue weighted by Crippen LogP contribution is 2.11. The van der Waals surface area contributed by atoms with E-state index in [4.69, 9.17) is 10.8 Å². The van der Waals surface area contributed by atoms with Crippen LogP contribution in [0.2, 0.25) is 0 Å². The first-order valence-electron chi connectivity index (χ1n) is 7.20. The Morgan fingerprint density at radius 1 is 1.00 bits per heavy atom. The van der Waals surface area contributed by atoms with Crippen LogP contribution in [0.3, 0.4) is 0 Å². The van der Waals surface area contributed by atoms with E-state index in [1.54, 1.807) is 0 Å². The number of aliphatic hydroxyl groups is 1. The topological polar surface area (TPSA) is 46.2 Å². The minimum Gasteiger partial charge on any atom is -0.395 e. The molecular formula is C16H28ClNO. The van der Waals surface area contributed by atoms with E-state index in [0.29, 0.717) is 0 Å². The second kappa shape index (κ2) is 11.3. The van der Waals surface area contributed by atoms with E-state index in [1.165, 1.54) is 49.7 Å². The monoisotopic (exact) mass is 285 g/mol. The molecule has 1 aromatic rings. The van der Waals surface area contributed by atoms with Crippen molar-refractivity contribution in [1.82, 2.24) is 0 Å². The van der Waals surface area contributed by atoms with Gasteiger partial charge in [0.1, 0.15) is 0 Å². The molecule has 0 aromatic heterocycles. The average Bonchev–Trinajstić information content (AvgIpc) is 2.40. The van der Waals surface area contributed by atoms with Gasteiger partial charge in [0.05, 0.1) is 6.61 Å². The zero-order chi connectivity index (χ0) is 13.2. The van der Waals surface area contributed by atoms with Gasteiger partial charge in [0, 0.05) is 6.04 Å². The molecule has 3 N–H and O–H groups in total. The molecule has 0 saturated carbocycles. The zero-order valence-corrected chi connectivity index (χ0v) is 12.8. The normalized spacial score (nSPS) is 11.9. The summed E-state index contributed by atoms with van der Waals surface area (Å²) >= 11 is 0. The summed E-state index contributed by atoms with van der Waals surface area (Å²) in [5, 5.41) is 8.91. The standard InChI is InChI=1S/C16H27NO.ClH/c1-2-3-4-5-6-7-14-8-10-15(11-9-14)12-16(17)13-18;/h8-11,16,18H,2-7,12-13,17H2,1H3;1H. The minimum absolute atomic E-state index is 0. The van der Waals surface area contributed by atoms with Crippen LogP contribution in [0.1, 0.15) is 50.2 Å². The first-order valence-corrected chi connectivity index (χ1v) is 7.20. The van der Waals surface area contributed by atoms with Crippen LogP contribution in [0.5, 0.6) is 0 Å². The van der Waals surface area contributed by atoms with E-state index < -0.39 is 0 Å². The third-order valence-electron chi connectivity index (χ3n) is 3.32. The van der Waals surface area contributed by atoms with Crippen molar-refractivity contribution in [3.8, 4) is 0 Å². The molecule has 1 aromatic carbocycles. The van der Waals surface area contributed by atoms with Crippen molar-refractivity contribution in [2.45, 2.75) is 57.9 Å². The van der Waals surface area contributed by atoms with Crippen molar-refractivity contribution in [3.63, 3.8) is 0 Å². The average molecular weight is 286 g/mol. The number of hydrogen-bond acceptors (Lipinski definition) is 2. The lowest BCUT2D eigenvalue weighted by Crippen LogP contribution is -2.26. The number of benzene rings is 1. The lowest BCUT2D eigenvalue weighted by Gasteiger charge is -2.08. The lowest BCUT2D eigenvalue weighted by molar-refractivity contribution is 0.265. The number of aryl methyl sites for hydroxylation is 1. The number of hydrogen-bond donors (Lipinski definition) is 2. The molecule has 19 heavy (non-hydrogen) atoms. The van der Waals surface area contributed by atoms with Gasteiger partial charge in [0.25, 0.3) is 0 Å². The SMILES string of the molecule is CCCCCCCc1ccc(CC(N)CO)cc1.Cl. The van der Waals surface area contributed by atoms with Crippen LogP contribution in [-0.4, -0.2) is 17.8 Å². The maximum absolute atomic E-state index is 8.91. The predicted octanol–water partition coefficient (Wildman–Crippen LogP) is 3.48. The van der Waals surface area contributed by atoms with Gasteiger partial charge in [0.15, 0.2) is 0 Å². The van der Waals surface area contributed by atoms with Gasteiger partial charge in [-0.2, -0.15) is 0 Å². The number of aliphatic hydroxyl groups excluding tert-OH is 1. The summed E-state index contributed by atoms with van der Waals surface area (Å²) in [6, 6.07) is 8.52. The highest BCUT2D eigenvalue weighted by molar-refractivity contribution is 5.85. The number of rotatable bonds is 9. The molecule has 1 rings (SSSR count). The second-order valence-electron chi connectivity index (χ2n) is 5.13. The molecule has 0 spiro atoms. The van der Waals surface area contributed by atoms with E-state index in [9.17, 15) is 0 Å². The van der Waals surface area contributed by atoms with Crippen LogP contribution in [0.25, 0.3) is 0 Å². The Labute approximate surface area is 123 Å². The number of unbranched alkanes of at least 4 members (excludes halogenated alkanes) is 4. The molecule has 1 unspecified atom stereocenters. The first kappa shape index (κ1) is 18.4. The first-order chi connectivity index (χ1) is 8.76. The van der Waals surface area contributed by atoms with Crippen molar-refractivity contribution >= 4 is 12.4 Å². The summed E-state index contributed by atoms with van der Waals surface area (Å²) < 4.78 is 0. The van der Waals surface area contributed by atoms with Crippen LogP contribution in [0.15, 0.2) is 24.3 Å². The summed E-state index contributed by atoms with van der Waals surface area (Å²) in [4.78, 5) is 0. The highest BCUT2D eigenvalue weighted by atomic mass is 35.5. The van der Waals surface area contributed by atoms with E-state index in [-0.39, 0.29) is 25.1 Å². The summed E-state index contributed by atoms with van der Waals surface area (Å²) in [6.45, 7) is 2.30.